The summed E-state index contributed by atoms with van der Waals surface area (Å²) >= 11 is 0. The lowest BCUT2D eigenvalue weighted by molar-refractivity contribution is -0.136. The molecule has 3 nitrogen and oxygen atoms in total. The minimum absolute atomic E-state index is 0.731. The van der Waals surface area contributed by atoms with Gasteiger partial charge in [0.2, 0.25) is 0 Å². The van der Waals surface area contributed by atoms with E-state index in [1.54, 1.807) is 0 Å². The number of carboxylic acids is 1. The van der Waals surface area contributed by atoms with E-state index < -0.39 is 11.9 Å². The highest BCUT2D eigenvalue weighted by Gasteiger charge is 1.99. The zero-order valence-electron chi connectivity index (χ0n) is 3.51. The monoisotopic (exact) mass is 87.0 g/mol. The SMILES string of the molecule is BC(N)C(=O)O. The molecule has 0 aromatic heterocycles. The molecular weight excluding hydrogens is 80.8 g/mol. The molecule has 0 saturated heterocycles. The van der Waals surface area contributed by atoms with E-state index in [0.717, 1.165) is 0 Å². The van der Waals surface area contributed by atoms with Crippen LogP contribution in [0.4, 0.5) is 0 Å². The zero-order chi connectivity index (χ0) is 5.15. The van der Waals surface area contributed by atoms with Crippen LogP contribution in [0.5, 0.6) is 0 Å². The number of hydrogen-bond acceptors (Lipinski definition) is 2. The van der Waals surface area contributed by atoms with Gasteiger partial charge in [-0.1, -0.05) is 0 Å². The fourth-order valence-corrected chi connectivity index (χ4v) is 0. The Morgan fingerprint density at radius 1 is 2.00 bits per heavy atom. The van der Waals surface area contributed by atoms with Gasteiger partial charge in [-0.2, -0.15) is 0 Å². The molecule has 0 aliphatic carbocycles. The lowest BCUT2D eigenvalue weighted by Crippen LogP contribution is -2.29. The molecule has 0 bridgehead atoms. The van der Waals surface area contributed by atoms with Gasteiger partial charge >= 0.3 is 5.97 Å². The number of carboxylic acid groups (broad SMARTS) is 1. The van der Waals surface area contributed by atoms with Crippen LogP contribution in [0.2, 0.25) is 0 Å². The molecule has 0 aromatic carbocycles. The van der Waals surface area contributed by atoms with Crippen LogP contribution in [-0.4, -0.2) is 24.9 Å². The van der Waals surface area contributed by atoms with Gasteiger partial charge in [0.25, 0.3) is 0 Å². The summed E-state index contributed by atoms with van der Waals surface area (Å²) in [5.41, 5.74) is 4.84. The maximum atomic E-state index is 9.57. The van der Waals surface area contributed by atoms with Crippen LogP contribution in [0.3, 0.4) is 0 Å². The van der Waals surface area contributed by atoms with Crippen LogP contribution in [0.1, 0.15) is 0 Å². The smallest absolute Gasteiger partial charge is 0.311 e. The minimum atomic E-state index is -0.963. The maximum Gasteiger partial charge on any atom is 0.311 e. The van der Waals surface area contributed by atoms with Crippen molar-refractivity contribution in [1.82, 2.24) is 0 Å². The van der Waals surface area contributed by atoms with E-state index in [2.05, 4.69) is 0 Å². The number of hydrogen-bond donors (Lipinski definition) is 2. The van der Waals surface area contributed by atoms with Gasteiger partial charge in [-0.15, -0.1) is 0 Å². The second kappa shape index (κ2) is 1.82. The zero-order valence-corrected chi connectivity index (χ0v) is 3.51. The highest BCUT2D eigenvalue weighted by molar-refractivity contribution is 6.22. The van der Waals surface area contributed by atoms with E-state index in [1.165, 1.54) is 7.85 Å². The number of nitrogens with two attached hydrogens (primary N) is 1. The van der Waals surface area contributed by atoms with Gasteiger partial charge in [-0.25, -0.2) is 0 Å². The molecule has 1 atom stereocenters. The predicted octanol–water partition coefficient (Wildman–Crippen LogP) is -2.01. The molecule has 0 saturated carbocycles. The van der Waals surface area contributed by atoms with E-state index in [-0.39, 0.29) is 0 Å². The number of carbonyl (C=O) groups is 1. The molecule has 3 N–H and O–H groups in total. The van der Waals surface area contributed by atoms with E-state index in [9.17, 15) is 4.79 Å². The predicted molar refractivity (Wildman–Crippen MR) is 24.2 cm³/mol. The molecule has 0 rings (SSSR count). The molecular formula is C2H6BNO2. The molecule has 34 valence electrons. The van der Waals surface area contributed by atoms with Crippen LogP contribution < -0.4 is 5.73 Å². The molecule has 6 heavy (non-hydrogen) atoms. The van der Waals surface area contributed by atoms with Crippen LogP contribution in [0.15, 0.2) is 0 Å². The van der Waals surface area contributed by atoms with E-state index in [1.807, 2.05) is 0 Å². The van der Waals surface area contributed by atoms with Crippen molar-refractivity contribution in [2.75, 3.05) is 0 Å². The van der Waals surface area contributed by atoms with Crippen molar-refractivity contribution in [1.29, 1.82) is 0 Å². The summed E-state index contributed by atoms with van der Waals surface area (Å²) < 4.78 is 0. The average Bonchev–Trinajstić information content (AvgIpc) is 1.36. The Morgan fingerprint density at radius 2 is 2.17 bits per heavy atom. The second-order valence-corrected chi connectivity index (χ2v) is 1.13. The molecule has 0 spiro atoms. The summed E-state index contributed by atoms with van der Waals surface area (Å²) in [7, 11) is 1.42. The molecule has 1 unspecified atom stereocenters. The highest BCUT2D eigenvalue weighted by atomic mass is 16.4. The Balaban J connectivity index is 3.26. The first-order valence-electron chi connectivity index (χ1n) is 1.63. The first kappa shape index (κ1) is 5.49. The Kier molecular flexibility index (Phi) is 1.67. The van der Waals surface area contributed by atoms with Crippen LogP contribution >= 0.6 is 0 Å². The summed E-state index contributed by atoms with van der Waals surface area (Å²) in [4.78, 5) is 9.57. The summed E-state index contributed by atoms with van der Waals surface area (Å²) in [5.74, 6) is -1.69. The first-order chi connectivity index (χ1) is 2.64. The second-order valence-electron chi connectivity index (χ2n) is 1.13. The molecule has 0 fully saturated rings. The van der Waals surface area contributed by atoms with Gasteiger partial charge in [-0.3, -0.25) is 4.79 Å². The Hall–Kier alpha value is -0.505. The van der Waals surface area contributed by atoms with Crippen LogP contribution in [0, 0.1) is 0 Å². The average molecular weight is 86.9 g/mol. The van der Waals surface area contributed by atoms with Crippen molar-refractivity contribution in [2.45, 2.75) is 5.94 Å². The van der Waals surface area contributed by atoms with Gasteiger partial charge in [0.15, 0.2) is 0 Å². The number of rotatable bonds is 1. The summed E-state index contributed by atoms with van der Waals surface area (Å²) in [5, 5.41) is 7.87. The highest BCUT2D eigenvalue weighted by Crippen LogP contribution is 1.61. The van der Waals surface area contributed by atoms with Crippen molar-refractivity contribution in [3.8, 4) is 0 Å². The molecule has 0 aliphatic heterocycles. The van der Waals surface area contributed by atoms with Crippen molar-refractivity contribution in [3.63, 3.8) is 0 Å². The van der Waals surface area contributed by atoms with Crippen LogP contribution in [0.25, 0.3) is 0 Å². The van der Waals surface area contributed by atoms with Crippen molar-refractivity contribution < 1.29 is 9.90 Å². The minimum Gasteiger partial charge on any atom is -0.481 e. The number of aliphatic carboxylic acids is 1. The fourth-order valence-electron chi connectivity index (χ4n) is 0. The Labute approximate surface area is 36.6 Å². The molecule has 0 amide bonds. The largest absolute Gasteiger partial charge is 0.481 e. The third kappa shape index (κ3) is 1.78. The normalized spacial score (nSPS) is 13.5. The van der Waals surface area contributed by atoms with Gasteiger partial charge in [0, 0.05) is 0 Å². The summed E-state index contributed by atoms with van der Waals surface area (Å²) in [6, 6.07) is 0. The fraction of sp³-hybridized carbons (Fsp3) is 0.500. The van der Waals surface area contributed by atoms with Gasteiger partial charge in [0.05, 0.1) is 5.94 Å². The van der Waals surface area contributed by atoms with Crippen molar-refractivity contribution in [3.05, 3.63) is 0 Å². The van der Waals surface area contributed by atoms with Gasteiger partial charge < -0.3 is 10.8 Å². The Morgan fingerprint density at radius 3 is 2.17 bits per heavy atom. The molecule has 4 heteroatoms. The topological polar surface area (TPSA) is 63.3 Å². The lowest BCUT2D eigenvalue weighted by Gasteiger charge is -1.89. The van der Waals surface area contributed by atoms with Crippen LogP contribution in [-0.2, 0) is 4.79 Å². The first-order valence-corrected chi connectivity index (χ1v) is 1.63. The van der Waals surface area contributed by atoms with Crippen molar-refractivity contribution in [2.24, 2.45) is 5.73 Å². The van der Waals surface area contributed by atoms with E-state index in [4.69, 9.17) is 10.8 Å². The molecule has 0 aromatic rings. The summed E-state index contributed by atoms with van der Waals surface area (Å²) in [6.45, 7) is 0. The molecule has 0 aliphatic rings. The third-order valence-corrected chi connectivity index (χ3v) is 0.390. The lowest BCUT2D eigenvalue weighted by atomic mass is 9.99. The van der Waals surface area contributed by atoms with E-state index >= 15 is 0 Å². The summed E-state index contributed by atoms with van der Waals surface area (Å²) in [6.07, 6.45) is 0. The quantitative estimate of drug-likeness (QED) is 0.363. The Bertz CT molecular complexity index is 62.6. The van der Waals surface area contributed by atoms with Gasteiger partial charge in [-0.05, 0) is 0 Å². The third-order valence-electron chi connectivity index (χ3n) is 0.390. The van der Waals surface area contributed by atoms with E-state index in [0.29, 0.717) is 0 Å². The molecule has 0 radical (unpaired) electrons. The maximum absolute atomic E-state index is 9.57. The standard InChI is InChI=1S/C2H6BNO2/c3-1(4)2(5)6/h1H,3-4H2,(H,5,6). The van der Waals surface area contributed by atoms with Crippen molar-refractivity contribution >= 4 is 13.8 Å². The van der Waals surface area contributed by atoms with Gasteiger partial charge in [0.1, 0.15) is 7.85 Å². The molecule has 0 heterocycles.